The maximum atomic E-state index is 12.6. The highest BCUT2D eigenvalue weighted by molar-refractivity contribution is 7.85. The SMILES string of the molecule is CS(=O)(=O)OCc1cc(C#Cc2ccc(NC(=O)c3ccc(C(F)(F)F)cc3)cc2)ccn1. The van der Waals surface area contributed by atoms with E-state index in [0.717, 1.165) is 30.5 Å². The molecule has 0 atom stereocenters. The van der Waals surface area contributed by atoms with Crippen LogP contribution in [-0.4, -0.2) is 25.6 Å². The van der Waals surface area contributed by atoms with Crippen molar-refractivity contribution in [2.24, 2.45) is 0 Å². The van der Waals surface area contributed by atoms with E-state index in [1.807, 2.05) is 0 Å². The van der Waals surface area contributed by atoms with E-state index in [1.54, 1.807) is 36.4 Å². The average molecular weight is 474 g/mol. The number of nitrogens with zero attached hydrogens (tertiary/aromatic N) is 1. The molecule has 170 valence electrons. The number of benzene rings is 2. The van der Waals surface area contributed by atoms with Gasteiger partial charge in [-0.1, -0.05) is 11.8 Å². The number of aromatic nitrogens is 1. The van der Waals surface area contributed by atoms with Gasteiger partial charge in [0.25, 0.3) is 16.0 Å². The van der Waals surface area contributed by atoms with Crippen LogP contribution in [0.1, 0.15) is 32.7 Å². The van der Waals surface area contributed by atoms with Gasteiger partial charge in [0.15, 0.2) is 0 Å². The van der Waals surface area contributed by atoms with Crippen molar-refractivity contribution in [1.82, 2.24) is 4.98 Å². The topological polar surface area (TPSA) is 85.4 Å². The van der Waals surface area contributed by atoms with E-state index < -0.39 is 27.8 Å². The first-order valence-corrected chi connectivity index (χ1v) is 11.2. The van der Waals surface area contributed by atoms with Crippen molar-refractivity contribution in [2.45, 2.75) is 12.8 Å². The van der Waals surface area contributed by atoms with Crippen molar-refractivity contribution >= 4 is 21.7 Å². The van der Waals surface area contributed by atoms with Gasteiger partial charge in [0, 0.05) is 28.6 Å². The summed E-state index contributed by atoms with van der Waals surface area (Å²) in [5.41, 5.74) is 1.39. The van der Waals surface area contributed by atoms with E-state index >= 15 is 0 Å². The molecule has 0 fully saturated rings. The van der Waals surface area contributed by atoms with E-state index in [0.29, 0.717) is 22.5 Å². The minimum atomic E-state index is -4.46. The Balaban J connectivity index is 1.63. The quantitative estimate of drug-likeness (QED) is 0.442. The highest BCUT2D eigenvalue weighted by Crippen LogP contribution is 2.29. The van der Waals surface area contributed by atoms with Crippen LogP contribution in [0.15, 0.2) is 66.9 Å². The molecule has 0 unspecified atom stereocenters. The van der Waals surface area contributed by atoms with Gasteiger partial charge in [-0.2, -0.15) is 21.6 Å². The molecule has 0 spiro atoms. The molecule has 3 rings (SSSR count). The van der Waals surface area contributed by atoms with Gasteiger partial charge in [0.05, 0.1) is 17.5 Å². The monoisotopic (exact) mass is 474 g/mol. The number of halogens is 3. The number of rotatable bonds is 5. The molecule has 10 heteroatoms. The third kappa shape index (κ3) is 7.45. The van der Waals surface area contributed by atoms with Crippen LogP contribution in [0.2, 0.25) is 0 Å². The number of hydrogen-bond acceptors (Lipinski definition) is 5. The molecule has 1 heterocycles. The Bertz CT molecular complexity index is 1310. The Morgan fingerprint density at radius 1 is 1.00 bits per heavy atom. The van der Waals surface area contributed by atoms with Crippen LogP contribution in [0.5, 0.6) is 0 Å². The van der Waals surface area contributed by atoms with E-state index in [1.165, 1.54) is 6.20 Å². The number of carbonyl (C=O) groups excluding carboxylic acids is 1. The summed E-state index contributed by atoms with van der Waals surface area (Å²) in [6.07, 6.45) is -2.02. The van der Waals surface area contributed by atoms with E-state index in [-0.39, 0.29) is 12.2 Å². The second-order valence-corrected chi connectivity index (χ2v) is 8.50. The molecule has 0 saturated carbocycles. The zero-order chi connectivity index (χ0) is 24.1. The Labute approximate surface area is 188 Å². The third-order valence-corrected chi connectivity index (χ3v) is 4.75. The minimum Gasteiger partial charge on any atom is -0.322 e. The van der Waals surface area contributed by atoms with Crippen molar-refractivity contribution < 1.29 is 30.6 Å². The van der Waals surface area contributed by atoms with Crippen LogP contribution in [0.25, 0.3) is 0 Å². The second-order valence-electron chi connectivity index (χ2n) is 6.86. The molecule has 0 aliphatic heterocycles. The lowest BCUT2D eigenvalue weighted by Crippen LogP contribution is -2.12. The summed E-state index contributed by atoms with van der Waals surface area (Å²) in [5.74, 6) is 5.33. The lowest BCUT2D eigenvalue weighted by Gasteiger charge is -2.08. The molecule has 0 bridgehead atoms. The summed E-state index contributed by atoms with van der Waals surface area (Å²) < 4.78 is 64.8. The fourth-order valence-electron chi connectivity index (χ4n) is 2.60. The molecule has 6 nitrogen and oxygen atoms in total. The summed E-state index contributed by atoms with van der Waals surface area (Å²) in [6.45, 7) is -0.193. The zero-order valence-corrected chi connectivity index (χ0v) is 18.0. The zero-order valence-electron chi connectivity index (χ0n) is 17.2. The fraction of sp³-hybridized carbons (Fsp3) is 0.130. The van der Waals surface area contributed by atoms with E-state index in [2.05, 4.69) is 22.1 Å². The van der Waals surface area contributed by atoms with Crippen molar-refractivity contribution in [3.05, 3.63) is 94.8 Å². The normalized spacial score (nSPS) is 11.4. The van der Waals surface area contributed by atoms with Gasteiger partial charge in [0.1, 0.15) is 6.61 Å². The van der Waals surface area contributed by atoms with Gasteiger partial charge in [-0.15, -0.1) is 0 Å². The van der Waals surface area contributed by atoms with Crippen molar-refractivity contribution in [3.63, 3.8) is 0 Å². The molecule has 1 amide bonds. The predicted octanol–water partition coefficient (Wildman–Crippen LogP) is 4.23. The molecule has 3 aromatic rings. The van der Waals surface area contributed by atoms with Crippen LogP contribution in [0, 0.1) is 11.8 Å². The molecule has 0 radical (unpaired) electrons. The number of alkyl halides is 3. The maximum Gasteiger partial charge on any atom is 0.416 e. The molecular weight excluding hydrogens is 457 g/mol. The van der Waals surface area contributed by atoms with Gasteiger partial charge >= 0.3 is 6.18 Å². The van der Waals surface area contributed by atoms with Gasteiger partial charge in [-0.3, -0.25) is 14.0 Å². The molecule has 33 heavy (non-hydrogen) atoms. The number of anilines is 1. The smallest absolute Gasteiger partial charge is 0.322 e. The van der Waals surface area contributed by atoms with Crippen molar-refractivity contribution in [2.75, 3.05) is 11.6 Å². The van der Waals surface area contributed by atoms with Gasteiger partial charge < -0.3 is 5.32 Å². The van der Waals surface area contributed by atoms with Gasteiger partial charge in [-0.05, 0) is 60.7 Å². The first-order valence-electron chi connectivity index (χ1n) is 9.40. The maximum absolute atomic E-state index is 12.6. The Hall–Kier alpha value is -3.68. The highest BCUT2D eigenvalue weighted by atomic mass is 32.2. The van der Waals surface area contributed by atoms with Crippen LogP contribution < -0.4 is 5.32 Å². The first kappa shape index (κ1) is 24.0. The Kier molecular flexibility index (Phi) is 7.16. The van der Waals surface area contributed by atoms with Crippen LogP contribution in [0.4, 0.5) is 18.9 Å². The summed E-state index contributed by atoms with van der Waals surface area (Å²) in [5, 5.41) is 2.61. The number of carbonyl (C=O) groups is 1. The molecule has 2 aromatic carbocycles. The van der Waals surface area contributed by atoms with Crippen molar-refractivity contribution in [3.8, 4) is 11.8 Å². The number of nitrogens with one attached hydrogen (secondary N) is 1. The lowest BCUT2D eigenvalue weighted by atomic mass is 10.1. The van der Waals surface area contributed by atoms with Crippen molar-refractivity contribution in [1.29, 1.82) is 0 Å². The predicted molar refractivity (Wildman–Crippen MR) is 116 cm³/mol. The second kappa shape index (κ2) is 9.85. The highest BCUT2D eigenvalue weighted by Gasteiger charge is 2.30. The minimum absolute atomic E-state index is 0.0974. The molecule has 0 aliphatic carbocycles. The largest absolute Gasteiger partial charge is 0.416 e. The molecule has 0 aliphatic rings. The third-order valence-electron chi connectivity index (χ3n) is 4.21. The average Bonchev–Trinajstić information content (AvgIpc) is 2.76. The van der Waals surface area contributed by atoms with Crippen LogP contribution in [0.3, 0.4) is 0 Å². The first-order chi connectivity index (χ1) is 15.5. The number of amides is 1. The summed E-state index contributed by atoms with van der Waals surface area (Å²) in [7, 11) is -3.58. The lowest BCUT2D eigenvalue weighted by molar-refractivity contribution is -0.137. The Morgan fingerprint density at radius 2 is 1.64 bits per heavy atom. The molecule has 1 N–H and O–H groups in total. The van der Waals surface area contributed by atoms with Gasteiger partial charge in [-0.25, -0.2) is 0 Å². The molecule has 1 aromatic heterocycles. The standard InChI is InChI=1S/C23H17F3N2O4S/c1-33(30,31)32-15-21-14-17(12-13-27-21)3-2-16-4-10-20(11-5-16)28-22(29)18-6-8-19(9-7-18)23(24,25)26/h4-14H,15H2,1H3,(H,28,29). The number of hydrogen-bond donors (Lipinski definition) is 1. The van der Waals surface area contributed by atoms with Gasteiger partial charge in [0.2, 0.25) is 0 Å². The van der Waals surface area contributed by atoms with Crippen LogP contribution in [-0.2, 0) is 27.1 Å². The van der Waals surface area contributed by atoms with E-state index in [9.17, 15) is 26.4 Å². The summed E-state index contributed by atoms with van der Waals surface area (Å²) >= 11 is 0. The summed E-state index contributed by atoms with van der Waals surface area (Å²) in [6, 6.07) is 13.8. The summed E-state index contributed by atoms with van der Waals surface area (Å²) in [4.78, 5) is 16.3. The molecular formula is C23H17F3N2O4S. The Morgan fingerprint density at radius 3 is 2.24 bits per heavy atom. The number of pyridine rings is 1. The van der Waals surface area contributed by atoms with Crippen LogP contribution >= 0.6 is 0 Å². The molecule has 0 saturated heterocycles. The fourth-order valence-corrected chi connectivity index (χ4v) is 2.93. The van der Waals surface area contributed by atoms with E-state index in [4.69, 9.17) is 4.18 Å².